The van der Waals surface area contributed by atoms with E-state index < -0.39 is 12.5 Å². The molecule has 0 saturated carbocycles. The first kappa shape index (κ1) is 28.0. The fourth-order valence-corrected chi connectivity index (χ4v) is 5.35. The molecule has 0 saturated heterocycles. The van der Waals surface area contributed by atoms with Crippen molar-refractivity contribution in [1.82, 2.24) is 4.90 Å². The molecule has 0 spiro atoms. The number of carboxylic acids is 1. The molecule has 0 fully saturated rings. The van der Waals surface area contributed by atoms with Crippen LogP contribution in [0.1, 0.15) is 59.8 Å². The Morgan fingerprint density at radius 2 is 1.76 bits per heavy atom. The number of carboxylic acid groups (broad SMARTS) is 1. The summed E-state index contributed by atoms with van der Waals surface area (Å²) in [5.74, 6) is -0.111. The van der Waals surface area contributed by atoms with Crippen LogP contribution in [0.4, 0.5) is 0 Å². The minimum atomic E-state index is -1.11. The smallest absolute Gasteiger partial charge is 0.323 e. The summed E-state index contributed by atoms with van der Waals surface area (Å²) in [6.07, 6.45) is 3.43. The molecular weight excluding hydrogens is 521 g/mol. The van der Waals surface area contributed by atoms with Gasteiger partial charge in [0.15, 0.2) is 0 Å². The molecule has 200 valence electrons. The van der Waals surface area contributed by atoms with E-state index in [0.29, 0.717) is 27.1 Å². The van der Waals surface area contributed by atoms with Gasteiger partial charge in [-0.05, 0) is 78.6 Å². The fourth-order valence-electron chi connectivity index (χ4n) is 4.97. The van der Waals surface area contributed by atoms with Gasteiger partial charge in [0, 0.05) is 18.5 Å². The van der Waals surface area contributed by atoms with Crippen LogP contribution in [0.2, 0.25) is 10.0 Å². The van der Waals surface area contributed by atoms with Crippen LogP contribution in [-0.2, 0) is 30.6 Å². The standard InChI is InChI=1S/C31H33Cl2NO4/c1-20(2)15-21-7-9-22(10-8-21)17-31(3)14-13-23-16-24(11-12-27(23)38-31)30(37)34(19-28(35)36)18-25-5-4-6-26(32)29(25)33/h4-12,16,20H,13-15,17-19H2,1-3H3,(H,35,36)/t31-/m1/s1. The summed E-state index contributed by atoms with van der Waals surface area (Å²) in [4.78, 5) is 26.2. The van der Waals surface area contributed by atoms with Gasteiger partial charge < -0.3 is 14.7 Å². The number of benzene rings is 3. The topological polar surface area (TPSA) is 66.8 Å². The maximum atomic E-state index is 13.4. The van der Waals surface area contributed by atoms with E-state index in [4.69, 9.17) is 27.9 Å². The average Bonchev–Trinajstić information content (AvgIpc) is 2.86. The van der Waals surface area contributed by atoms with Crippen LogP contribution < -0.4 is 4.74 Å². The first-order valence-electron chi connectivity index (χ1n) is 12.9. The van der Waals surface area contributed by atoms with Gasteiger partial charge in [-0.3, -0.25) is 9.59 Å². The van der Waals surface area contributed by atoms with Crippen LogP contribution in [0.15, 0.2) is 60.7 Å². The molecule has 3 aromatic rings. The van der Waals surface area contributed by atoms with E-state index in [2.05, 4.69) is 45.0 Å². The van der Waals surface area contributed by atoms with Crippen molar-refractivity contribution in [2.75, 3.05) is 6.54 Å². The average molecular weight is 555 g/mol. The summed E-state index contributed by atoms with van der Waals surface area (Å²) in [6.45, 7) is 6.15. The molecular formula is C31H33Cl2NO4. The number of hydrogen-bond donors (Lipinski definition) is 1. The number of halogens is 2. The van der Waals surface area contributed by atoms with E-state index in [-0.39, 0.29) is 18.1 Å². The third kappa shape index (κ3) is 6.89. The summed E-state index contributed by atoms with van der Waals surface area (Å²) < 4.78 is 6.45. The molecule has 1 aliphatic heterocycles. The number of hydrogen-bond acceptors (Lipinski definition) is 3. The van der Waals surface area contributed by atoms with Gasteiger partial charge in [0.05, 0.1) is 10.0 Å². The van der Waals surface area contributed by atoms with Crippen molar-refractivity contribution in [2.45, 2.75) is 58.6 Å². The predicted octanol–water partition coefficient (Wildman–Crippen LogP) is 7.25. The van der Waals surface area contributed by atoms with E-state index in [0.717, 1.165) is 37.0 Å². The van der Waals surface area contributed by atoms with Gasteiger partial charge in [-0.15, -0.1) is 0 Å². The Morgan fingerprint density at radius 3 is 2.45 bits per heavy atom. The maximum Gasteiger partial charge on any atom is 0.323 e. The molecule has 0 radical (unpaired) electrons. The number of aliphatic carboxylic acids is 1. The molecule has 3 aromatic carbocycles. The molecule has 5 nitrogen and oxygen atoms in total. The molecule has 0 aliphatic carbocycles. The molecule has 0 unspecified atom stereocenters. The Hall–Kier alpha value is -3.02. The zero-order valence-corrected chi connectivity index (χ0v) is 23.5. The summed E-state index contributed by atoms with van der Waals surface area (Å²) in [5, 5.41) is 10.1. The summed E-state index contributed by atoms with van der Waals surface area (Å²) in [7, 11) is 0. The van der Waals surface area contributed by atoms with Crippen LogP contribution in [-0.4, -0.2) is 34.0 Å². The molecule has 1 heterocycles. The third-order valence-electron chi connectivity index (χ3n) is 6.84. The van der Waals surface area contributed by atoms with Gasteiger partial charge in [-0.25, -0.2) is 0 Å². The Labute approximate surface area is 234 Å². The highest BCUT2D eigenvalue weighted by atomic mass is 35.5. The third-order valence-corrected chi connectivity index (χ3v) is 7.70. The fraction of sp³-hybridized carbons (Fsp3) is 0.355. The van der Waals surface area contributed by atoms with Crippen molar-refractivity contribution < 1.29 is 19.4 Å². The molecule has 4 rings (SSSR count). The summed E-state index contributed by atoms with van der Waals surface area (Å²) >= 11 is 12.4. The Morgan fingerprint density at radius 1 is 1.05 bits per heavy atom. The minimum absolute atomic E-state index is 0.0339. The van der Waals surface area contributed by atoms with Crippen molar-refractivity contribution in [3.63, 3.8) is 0 Å². The number of aryl methyl sites for hydroxylation is 1. The van der Waals surface area contributed by atoms with E-state index in [1.54, 1.807) is 24.3 Å². The van der Waals surface area contributed by atoms with Crippen LogP contribution in [0.25, 0.3) is 0 Å². The largest absolute Gasteiger partial charge is 0.487 e. The second-order valence-electron chi connectivity index (χ2n) is 10.7. The molecule has 0 bridgehead atoms. The van der Waals surface area contributed by atoms with Gasteiger partial charge in [0.25, 0.3) is 5.91 Å². The molecule has 1 amide bonds. The quantitative estimate of drug-likeness (QED) is 0.303. The predicted molar refractivity (Wildman–Crippen MR) is 151 cm³/mol. The van der Waals surface area contributed by atoms with Crippen LogP contribution in [0, 0.1) is 5.92 Å². The maximum absolute atomic E-state index is 13.4. The minimum Gasteiger partial charge on any atom is -0.487 e. The number of fused-ring (bicyclic) bond motifs is 1. The van der Waals surface area contributed by atoms with Crippen LogP contribution in [0.5, 0.6) is 5.75 Å². The Bertz CT molecular complexity index is 1320. The van der Waals surface area contributed by atoms with Crippen molar-refractivity contribution >= 4 is 35.1 Å². The first-order valence-corrected chi connectivity index (χ1v) is 13.6. The number of rotatable bonds is 9. The van der Waals surface area contributed by atoms with Gasteiger partial charge in [-0.2, -0.15) is 0 Å². The number of ether oxygens (including phenoxy) is 1. The monoisotopic (exact) mass is 553 g/mol. The van der Waals surface area contributed by atoms with Gasteiger partial charge in [0.1, 0.15) is 17.9 Å². The van der Waals surface area contributed by atoms with Crippen LogP contribution >= 0.6 is 23.2 Å². The highest BCUT2D eigenvalue weighted by molar-refractivity contribution is 6.42. The second-order valence-corrected chi connectivity index (χ2v) is 11.5. The van der Waals surface area contributed by atoms with E-state index in [1.165, 1.54) is 16.0 Å². The first-order chi connectivity index (χ1) is 18.0. The lowest BCUT2D eigenvalue weighted by molar-refractivity contribution is -0.137. The SMILES string of the molecule is CC(C)Cc1ccc(C[C@@]2(C)CCc3cc(C(=O)N(CC(=O)O)Cc4cccc(Cl)c4Cl)ccc3O2)cc1. The van der Waals surface area contributed by atoms with Gasteiger partial charge in [-0.1, -0.05) is 73.4 Å². The Balaban J connectivity index is 1.49. The second kappa shape index (κ2) is 11.8. The lowest BCUT2D eigenvalue weighted by Gasteiger charge is -2.36. The zero-order chi connectivity index (χ0) is 27.4. The molecule has 1 atom stereocenters. The van der Waals surface area contributed by atoms with E-state index >= 15 is 0 Å². The Kier molecular flexibility index (Phi) is 8.69. The highest BCUT2D eigenvalue weighted by Crippen LogP contribution is 2.36. The number of carbonyl (C=O) groups is 2. The molecule has 1 N–H and O–H groups in total. The van der Waals surface area contributed by atoms with E-state index in [9.17, 15) is 14.7 Å². The lowest BCUT2D eigenvalue weighted by Crippen LogP contribution is -2.39. The van der Waals surface area contributed by atoms with Crippen molar-refractivity contribution in [2.24, 2.45) is 5.92 Å². The van der Waals surface area contributed by atoms with Crippen molar-refractivity contribution in [3.05, 3.63) is 98.5 Å². The highest BCUT2D eigenvalue weighted by Gasteiger charge is 2.32. The van der Waals surface area contributed by atoms with Crippen molar-refractivity contribution in [3.8, 4) is 5.75 Å². The summed E-state index contributed by atoms with van der Waals surface area (Å²) in [6, 6.07) is 19.2. The summed E-state index contributed by atoms with van der Waals surface area (Å²) in [5.41, 5.74) is 4.17. The molecule has 0 aromatic heterocycles. The number of amides is 1. The van der Waals surface area contributed by atoms with Crippen LogP contribution in [0.3, 0.4) is 0 Å². The normalized spacial score (nSPS) is 16.6. The van der Waals surface area contributed by atoms with Crippen molar-refractivity contribution in [1.29, 1.82) is 0 Å². The zero-order valence-electron chi connectivity index (χ0n) is 22.0. The molecule has 1 aliphatic rings. The number of carbonyl (C=O) groups excluding carboxylic acids is 1. The van der Waals surface area contributed by atoms with Gasteiger partial charge >= 0.3 is 5.97 Å². The molecule has 7 heteroatoms. The number of nitrogens with zero attached hydrogens (tertiary/aromatic N) is 1. The molecule has 38 heavy (non-hydrogen) atoms. The van der Waals surface area contributed by atoms with E-state index in [1.807, 2.05) is 12.1 Å². The van der Waals surface area contributed by atoms with Gasteiger partial charge in [0.2, 0.25) is 0 Å². The lowest BCUT2D eigenvalue weighted by atomic mass is 9.86.